The number of anilines is 2. The largest absolute Gasteiger partial charge is 0.397 e. The number of aliphatic hydroxyl groups excluding tert-OH is 1. The standard InChI is InChI=1S/C12H19N3O/c1-9-6-12(14-7-11(9)13)15-5-3-2-4-10(15)8-16/h6-7,10,16H,2-5,8,13H2,1H3. The Morgan fingerprint density at radius 1 is 1.56 bits per heavy atom. The SMILES string of the molecule is Cc1cc(N2CCCCC2CO)ncc1N. The fraction of sp³-hybridized carbons (Fsp3) is 0.583. The van der Waals surface area contributed by atoms with Crippen LogP contribution < -0.4 is 10.6 Å². The quantitative estimate of drug-likeness (QED) is 0.790. The average molecular weight is 221 g/mol. The van der Waals surface area contributed by atoms with Crippen LogP contribution >= 0.6 is 0 Å². The molecular weight excluding hydrogens is 202 g/mol. The van der Waals surface area contributed by atoms with Crippen molar-refractivity contribution >= 4 is 11.5 Å². The van der Waals surface area contributed by atoms with Crippen molar-refractivity contribution in [2.45, 2.75) is 32.2 Å². The van der Waals surface area contributed by atoms with Crippen LogP contribution in [-0.4, -0.2) is 29.3 Å². The minimum absolute atomic E-state index is 0.200. The van der Waals surface area contributed by atoms with Gasteiger partial charge >= 0.3 is 0 Å². The first kappa shape index (κ1) is 11.2. The summed E-state index contributed by atoms with van der Waals surface area (Å²) in [6.45, 7) is 3.16. The number of aryl methyl sites for hydroxylation is 1. The van der Waals surface area contributed by atoms with E-state index < -0.39 is 0 Å². The molecule has 1 aromatic rings. The topological polar surface area (TPSA) is 62.4 Å². The van der Waals surface area contributed by atoms with E-state index in [0.29, 0.717) is 0 Å². The van der Waals surface area contributed by atoms with E-state index in [0.717, 1.165) is 30.0 Å². The molecule has 1 aliphatic rings. The number of aromatic nitrogens is 1. The van der Waals surface area contributed by atoms with Crippen molar-refractivity contribution in [2.24, 2.45) is 0 Å². The Labute approximate surface area is 96.1 Å². The van der Waals surface area contributed by atoms with Gasteiger partial charge in [-0.2, -0.15) is 0 Å². The van der Waals surface area contributed by atoms with Crippen molar-refractivity contribution in [2.75, 3.05) is 23.8 Å². The molecule has 0 spiro atoms. The van der Waals surface area contributed by atoms with Crippen LogP contribution in [0.2, 0.25) is 0 Å². The number of hydrogen-bond acceptors (Lipinski definition) is 4. The Kier molecular flexibility index (Phi) is 3.29. The van der Waals surface area contributed by atoms with Gasteiger partial charge in [-0.15, -0.1) is 0 Å². The zero-order valence-electron chi connectivity index (χ0n) is 9.69. The molecule has 0 aromatic carbocycles. The first-order valence-corrected chi connectivity index (χ1v) is 5.82. The van der Waals surface area contributed by atoms with E-state index in [1.165, 1.54) is 12.8 Å². The number of piperidine rings is 1. The summed E-state index contributed by atoms with van der Waals surface area (Å²) >= 11 is 0. The van der Waals surface area contributed by atoms with Gasteiger partial charge in [0.25, 0.3) is 0 Å². The molecule has 0 radical (unpaired) electrons. The molecule has 1 saturated heterocycles. The third-order valence-corrected chi connectivity index (χ3v) is 3.27. The van der Waals surface area contributed by atoms with Crippen molar-refractivity contribution in [1.29, 1.82) is 0 Å². The molecule has 0 amide bonds. The predicted molar refractivity (Wildman–Crippen MR) is 65.5 cm³/mol. The first-order valence-electron chi connectivity index (χ1n) is 5.82. The van der Waals surface area contributed by atoms with Crippen LogP contribution in [0.4, 0.5) is 11.5 Å². The van der Waals surface area contributed by atoms with Crippen LogP contribution in [0.25, 0.3) is 0 Å². The molecule has 4 heteroatoms. The summed E-state index contributed by atoms with van der Waals surface area (Å²) in [6.07, 6.45) is 5.10. The molecule has 88 valence electrons. The van der Waals surface area contributed by atoms with E-state index in [1.807, 2.05) is 13.0 Å². The van der Waals surface area contributed by atoms with Gasteiger partial charge in [0.15, 0.2) is 0 Å². The molecule has 0 bridgehead atoms. The van der Waals surface area contributed by atoms with Gasteiger partial charge in [-0.25, -0.2) is 4.98 Å². The molecule has 2 heterocycles. The number of pyridine rings is 1. The van der Waals surface area contributed by atoms with Crippen molar-refractivity contribution < 1.29 is 5.11 Å². The molecule has 16 heavy (non-hydrogen) atoms. The lowest BCUT2D eigenvalue weighted by Gasteiger charge is -2.35. The number of hydrogen-bond donors (Lipinski definition) is 2. The van der Waals surface area contributed by atoms with Crippen LogP contribution in [0.3, 0.4) is 0 Å². The maximum absolute atomic E-state index is 9.35. The van der Waals surface area contributed by atoms with Gasteiger partial charge in [0.1, 0.15) is 5.82 Å². The van der Waals surface area contributed by atoms with Crippen LogP contribution in [-0.2, 0) is 0 Å². The molecule has 1 aliphatic heterocycles. The van der Waals surface area contributed by atoms with Crippen LogP contribution in [0.15, 0.2) is 12.3 Å². The number of nitrogens with two attached hydrogens (primary N) is 1. The van der Waals surface area contributed by atoms with Gasteiger partial charge in [0, 0.05) is 6.54 Å². The van der Waals surface area contributed by atoms with E-state index in [9.17, 15) is 5.11 Å². The van der Waals surface area contributed by atoms with Crippen molar-refractivity contribution in [3.63, 3.8) is 0 Å². The Hall–Kier alpha value is -1.29. The molecule has 2 rings (SSSR count). The summed E-state index contributed by atoms with van der Waals surface area (Å²) in [6, 6.07) is 2.22. The monoisotopic (exact) mass is 221 g/mol. The summed E-state index contributed by atoms with van der Waals surface area (Å²) in [5.74, 6) is 0.936. The molecule has 1 unspecified atom stereocenters. The Balaban J connectivity index is 2.23. The Bertz CT molecular complexity index is 367. The molecular formula is C12H19N3O. The molecule has 3 N–H and O–H groups in total. The second-order valence-electron chi connectivity index (χ2n) is 4.42. The van der Waals surface area contributed by atoms with Crippen molar-refractivity contribution in [1.82, 2.24) is 4.98 Å². The van der Waals surface area contributed by atoms with E-state index in [2.05, 4.69) is 9.88 Å². The first-order chi connectivity index (χ1) is 7.72. The smallest absolute Gasteiger partial charge is 0.129 e. The van der Waals surface area contributed by atoms with Crippen LogP contribution in [0.1, 0.15) is 24.8 Å². The van der Waals surface area contributed by atoms with Gasteiger partial charge in [-0.3, -0.25) is 0 Å². The van der Waals surface area contributed by atoms with Crippen molar-refractivity contribution in [3.05, 3.63) is 17.8 Å². The zero-order chi connectivity index (χ0) is 11.5. The third-order valence-electron chi connectivity index (χ3n) is 3.27. The van der Waals surface area contributed by atoms with Crippen LogP contribution in [0.5, 0.6) is 0 Å². The lowest BCUT2D eigenvalue weighted by atomic mass is 10.0. The van der Waals surface area contributed by atoms with E-state index in [4.69, 9.17) is 5.73 Å². The highest BCUT2D eigenvalue weighted by atomic mass is 16.3. The fourth-order valence-electron chi connectivity index (χ4n) is 2.20. The Morgan fingerprint density at radius 2 is 2.38 bits per heavy atom. The molecule has 0 aliphatic carbocycles. The van der Waals surface area contributed by atoms with E-state index >= 15 is 0 Å². The third kappa shape index (κ3) is 2.11. The second-order valence-corrected chi connectivity index (χ2v) is 4.42. The number of nitrogen functional groups attached to an aromatic ring is 1. The van der Waals surface area contributed by atoms with Gasteiger partial charge in [0.2, 0.25) is 0 Å². The molecule has 1 aromatic heterocycles. The van der Waals surface area contributed by atoms with Crippen LogP contribution in [0, 0.1) is 6.92 Å². The average Bonchev–Trinajstić information content (AvgIpc) is 2.32. The predicted octanol–water partition coefficient (Wildman–Crippen LogP) is 1.32. The van der Waals surface area contributed by atoms with Gasteiger partial charge in [-0.05, 0) is 37.8 Å². The number of nitrogens with zero attached hydrogens (tertiary/aromatic N) is 2. The fourth-order valence-corrected chi connectivity index (χ4v) is 2.20. The summed E-state index contributed by atoms with van der Waals surface area (Å²) in [5.41, 5.74) is 7.53. The molecule has 4 nitrogen and oxygen atoms in total. The highest BCUT2D eigenvalue weighted by molar-refractivity contribution is 5.52. The minimum Gasteiger partial charge on any atom is -0.397 e. The van der Waals surface area contributed by atoms with Gasteiger partial charge < -0.3 is 15.7 Å². The van der Waals surface area contributed by atoms with E-state index in [1.54, 1.807) is 6.20 Å². The maximum atomic E-state index is 9.35. The number of rotatable bonds is 2. The molecule has 1 fully saturated rings. The summed E-state index contributed by atoms with van der Waals surface area (Å²) in [7, 11) is 0. The summed E-state index contributed by atoms with van der Waals surface area (Å²) in [4.78, 5) is 6.54. The summed E-state index contributed by atoms with van der Waals surface area (Å²) < 4.78 is 0. The summed E-state index contributed by atoms with van der Waals surface area (Å²) in [5, 5.41) is 9.35. The number of aliphatic hydroxyl groups is 1. The minimum atomic E-state index is 0.200. The maximum Gasteiger partial charge on any atom is 0.129 e. The highest BCUT2D eigenvalue weighted by Gasteiger charge is 2.22. The molecule has 1 atom stereocenters. The molecule has 0 saturated carbocycles. The lowest BCUT2D eigenvalue weighted by molar-refractivity contribution is 0.239. The Morgan fingerprint density at radius 3 is 3.06 bits per heavy atom. The van der Waals surface area contributed by atoms with Gasteiger partial charge in [0.05, 0.1) is 24.5 Å². The lowest BCUT2D eigenvalue weighted by Crippen LogP contribution is -2.42. The van der Waals surface area contributed by atoms with E-state index in [-0.39, 0.29) is 12.6 Å². The van der Waals surface area contributed by atoms with Gasteiger partial charge in [-0.1, -0.05) is 0 Å². The normalized spacial score (nSPS) is 21.1. The van der Waals surface area contributed by atoms with Crippen molar-refractivity contribution in [3.8, 4) is 0 Å². The highest BCUT2D eigenvalue weighted by Crippen LogP contribution is 2.24. The zero-order valence-corrected chi connectivity index (χ0v) is 9.69. The second kappa shape index (κ2) is 4.70.